The Bertz CT molecular complexity index is 443. The maximum atomic E-state index is 3.75. The van der Waals surface area contributed by atoms with Crippen molar-refractivity contribution in [2.75, 3.05) is 6.54 Å². The van der Waals surface area contributed by atoms with Crippen molar-refractivity contribution < 1.29 is 0 Å². The van der Waals surface area contributed by atoms with E-state index in [2.05, 4.69) is 67.1 Å². The minimum atomic E-state index is 0.490. The van der Waals surface area contributed by atoms with Gasteiger partial charge in [0.05, 0.1) is 0 Å². The van der Waals surface area contributed by atoms with Crippen LogP contribution in [0.15, 0.2) is 22.7 Å². The molecule has 0 aliphatic heterocycles. The highest BCUT2D eigenvalue weighted by atomic mass is 79.9. The molecule has 1 nitrogen and oxygen atoms in total. The lowest BCUT2D eigenvalue weighted by molar-refractivity contribution is 0.171. The molecule has 0 spiro atoms. The molecule has 4 unspecified atom stereocenters. The van der Waals surface area contributed by atoms with Gasteiger partial charge < -0.3 is 5.32 Å². The molecule has 1 aromatic rings. The largest absolute Gasteiger partial charge is 0.310 e. The molecular weight excluding hydrogens is 310 g/mol. The SMILES string of the molecule is CCNC(c1cc(C)ccc1Br)C1CCC(C)C(C)C1. The monoisotopic (exact) mass is 337 g/mol. The molecule has 4 atom stereocenters. The number of aryl methyl sites for hydroxylation is 1. The summed E-state index contributed by atoms with van der Waals surface area (Å²) in [5, 5.41) is 3.74. The molecule has 0 radical (unpaired) electrons. The van der Waals surface area contributed by atoms with Crippen LogP contribution in [0.2, 0.25) is 0 Å². The van der Waals surface area contributed by atoms with Crippen molar-refractivity contribution >= 4 is 15.9 Å². The molecule has 0 saturated heterocycles. The third-order valence-corrected chi connectivity index (χ3v) is 5.74. The number of nitrogens with one attached hydrogen (secondary N) is 1. The van der Waals surface area contributed by atoms with Gasteiger partial charge >= 0.3 is 0 Å². The van der Waals surface area contributed by atoms with Crippen molar-refractivity contribution in [1.82, 2.24) is 5.32 Å². The van der Waals surface area contributed by atoms with Gasteiger partial charge in [-0.1, -0.05) is 60.8 Å². The maximum Gasteiger partial charge on any atom is 0.0359 e. The van der Waals surface area contributed by atoms with Crippen LogP contribution in [-0.2, 0) is 0 Å². The zero-order chi connectivity index (χ0) is 14.7. The third-order valence-electron chi connectivity index (χ3n) is 5.02. The predicted molar refractivity (Wildman–Crippen MR) is 91.0 cm³/mol. The van der Waals surface area contributed by atoms with Crippen LogP contribution in [0.4, 0.5) is 0 Å². The van der Waals surface area contributed by atoms with Gasteiger partial charge in [0, 0.05) is 10.5 Å². The van der Waals surface area contributed by atoms with Crippen LogP contribution < -0.4 is 5.32 Å². The minimum absolute atomic E-state index is 0.490. The number of rotatable bonds is 4. The Morgan fingerprint density at radius 1 is 1.25 bits per heavy atom. The van der Waals surface area contributed by atoms with Crippen molar-refractivity contribution in [1.29, 1.82) is 0 Å². The quantitative estimate of drug-likeness (QED) is 0.766. The summed E-state index contributed by atoms with van der Waals surface area (Å²) in [5.41, 5.74) is 2.79. The van der Waals surface area contributed by atoms with Crippen LogP contribution in [0.25, 0.3) is 0 Å². The van der Waals surface area contributed by atoms with E-state index in [4.69, 9.17) is 0 Å². The summed E-state index contributed by atoms with van der Waals surface area (Å²) in [6.07, 6.45) is 4.07. The Kier molecular flexibility index (Phi) is 5.68. The van der Waals surface area contributed by atoms with Crippen molar-refractivity contribution in [2.24, 2.45) is 17.8 Å². The third kappa shape index (κ3) is 3.65. The van der Waals surface area contributed by atoms with E-state index in [-0.39, 0.29) is 0 Å². The second-order valence-electron chi connectivity index (χ2n) is 6.59. The van der Waals surface area contributed by atoms with Crippen LogP contribution in [0.1, 0.15) is 57.2 Å². The van der Waals surface area contributed by atoms with E-state index in [0.717, 1.165) is 24.3 Å². The van der Waals surface area contributed by atoms with Gasteiger partial charge in [-0.05, 0) is 55.7 Å². The second kappa shape index (κ2) is 7.09. The van der Waals surface area contributed by atoms with E-state index in [0.29, 0.717) is 6.04 Å². The van der Waals surface area contributed by atoms with Crippen LogP contribution in [0, 0.1) is 24.7 Å². The molecular formula is C18H28BrN. The van der Waals surface area contributed by atoms with Gasteiger partial charge in [-0.25, -0.2) is 0 Å². The molecule has 0 bridgehead atoms. The standard InChI is InChI=1S/C18H28BrN/c1-5-20-18(15-8-7-13(3)14(4)11-15)16-10-12(2)6-9-17(16)19/h6,9-10,13-15,18,20H,5,7-8,11H2,1-4H3. The summed E-state index contributed by atoms with van der Waals surface area (Å²) in [6, 6.07) is 7.22. The van der Waals surface area contributed by atoms with Gasteiger partial charge in [0.2, 0.25) is 0 Å². The van der Waals surface area contributed by atoms with Crippen LogP contribution >= 0.6 is 15.9 Å². The fourth-order valence-electron chi connectivity index (χ4n) is 3.54. The molecule has 0 heterocycles. The summed E-state index contributed by atoms with van der Waals surface area (Å²) in [4.78, 5) is 0. The van der Waals surface area contributed by atoms with Gasteiger partial charge in [-0.15, -0.1) is 0 Å². The Morgan fingerprint density at radius 3 is 2.65 bits per heavy atom. The molecule has 1 aliphatic rings. The first-order valence-corrected chi connectivity index (χ1v) is 8.81. The maximum absolute atomic E-state index is 3.75. The van der Waals surface area contributed by atoms with Gasteiger partial charge in [-0.2, -0.15) is 0 Å². The highest BCUT2D eigenvalue weighted by Gasteiger charge is 2.31. The summed E-state index contributed by atoms with van der Waals surface area (Å²) < 4.78 is 1.25. The molecule has 1 saturated carbocycles. The van der Waals surface area contributed by atoms with Gasteiger partial charge in [0.1, 0.15) is 0 Å². The Hall–Kier alpha value is -0.340. The van der Waals surface area contributed by atoms with E-state index in [1.54, 1.807) is 0 Å². The molecule has 1 fully saturated rings. The van der Waals surface area contributed by atoms with Crippen molar-refractivity contribution in [3.05, 3.63) is 33.8 Å². The first-order chi connectivity index (χ1) is 9.52. The summed E-state index contributed by atoms with van der Waals surface area (Å²) in [7, 11) is 0. The lowest BCUT2D eigenvalue weighted by Gasteiger charge is -2.37. The zero-order valence-corrected chi connectivity index (χ0v) is 14.8. The average Bonchev–Trinajstić information content (AvgIpc) is 2.42. The van der Waals surface area contributed by atoms with E-state index < -0.39 is 0 Å². The number of halogens is 1. The second-order valence-corrected chi connectivity index (χ2v) is 7.44. The lowest BCUT2D eigenvalue weighted by Crippen LogP contribution is -2.33. The van der Waals surface area contributed by atoms with Crippen molar-refractivity contribution in [3.63, 3.8) is 0 Å². The van der Waals surface area contributed by atoms with E-state index in [1.807, 2.05) is 0 Å². The first kappa shape index (κ1) is 16.0. The zero-order valence-electron chi connectivity index (χ0n) is 13.2. The van der Waals surface area contributed by atoms with Crippen molar-refractivity contribution in [3.8, 4) is 0 Å². The molecule has 1 aromatic carbocycles. The molecule has 2 heteroatoms. The Labute approximate surface area is 132 Å². The summed E-state index contributed by atoms with van der Waals surface area (Å²) in [5.74, 6) is 2.49. The van der Waals surface area contributed by atoms with E-state index in [9.17, 15) is 0 Å². The first-order valence-electron chi connectivity index (χ1n) is 8.02. The van der Waals surface area contributed by atoms with Gasteiger partial charge in [0.25, 0.3) is 0 Å². The topological polar surface area (TPSA) is 12.0 Å². The molecule has 20 heavy (non-hydrogen) atoms. The normalized spacial score (nSPS) is 28.4. The average molecular weight is 338 g/mol. The van der Waals surface area contributed by atoms with Crippen LogP contribution in [-0.4, -0.2) is 6.54 Å². The smallest absolute Gasteiger partial charge is 0.0359 e. The summed E-state index contributed by atoms with van der Waals surface area (Å²) >= 11 is 3.75. The fourth-order valence-corrected chi connectivity index (χ4v) is 4.04. The molecule has 112 valence electrons. The van der Waals surface area contributed by atoms with Gasteiger partial charge in [-0.3, -0.25) is 0 Å². The molecule has 2 rings (SSSR count). The highest BCUT2D eigenvalue weighted by molar-refractivity contribution is 9.10. The fraction of sp³-hybridized carbons (Fsp3) is 0.667. The molecule has 1 N–H and O–H groups in total. The predicted octanol–water partition coefficient (Wildman–Crippen LogP) is 5.48. The number of hydrogen-bond acceptors (Lipinski definition) is 1. The van der Waals surface area contributed by atoms with E-state index in [1.165, 1.54) is 34.9 Å². The summed E-state index contributed by atoms with van der Waals surface area (Å²) in [6.45, 7) is 10.3. The highest BCUT2D eigenvalue weighted by Crippen LogP contribution is 2.41. The van der Waals surface area contributed by atoms with E-state index >= 15 is 0 Å². The number of hydrogen-bond donors (Lipinski definition) is 1. The Balaban J connectivity index is 2.24. The van der Waals surface area contributed by atoms with Crippen molar-refractivity contribution in [2.45, 2.75) is 53.0 Å². The Morgan fingerprint density at radius 2 is 2.00 bits per heavy atom. The van der Waals surface area contributed by atoms with Gasteiger partial charge in [0.15, 0.2) is 0 Å². The van der Waals surface area contributed by atoms with Crippen LogP contribution in [0.3, 0.4) is 0 Å². The molecule has 0 amide bonds. The lowest BCUT2D eigenvalue weighted by atomic mass is 9.72. The number of benzene rings is 1. The van der Waals surface area contributed by atoms with Crippen LogP contribution in [0.5, 0.6) is 0 Å². The minimum Gasteiger partial charge on any atom is -0.310 e. The molecule has 1 aliphatic carbocycles. The molecule has 0 aromatic heterocycles.